The quantitative estimate of drug-likeness (QED) is 0.578. The van der Waals surface area contributed by atoms with Gasteiger partial charge in [-0.25, -0.2) is 4.39 Å². The van der Waals surface area contributed by atoms with E-state index in [2.05, 4.69) is 31.9 Å². The van der Waals surface area contributed by atoms with E-state index < -0.39 is 23.2 Å². The third-order valence-electron chi connectivity index (χ3n) is 2.40. The molecular formula is C13H13Br2FO2. The number of hydrogen-bond donors (Lipinski definition) is 0. The first kappa shape index (κ1) is 15.5. The maximum atomic E-state index is 13.9. The average molecular weight is 380 g/mol. The van der Waals surface area contributed by atoms with Crippen molar-refractivity contribution < 1.29 is 14.0 Å². The second kappa shape index (κ2) is 5.61. The van der Waals surface area contributed by atoms with E-state index in [1.807, 2.05) is 0 Å². The van der Waals surface area contributed by atoms with Crippen LogP contribution in [0.2, 0.25) is 0 Å². The normalized spacial score (nSPS) is 13.2. The first-order valence-electron chi connectivity index (χ1n) is 5.32. The van der Waals surface area contributed by atoms with Crippen LogP contribution < -0.4 is 0 Å². The SMILES string of the molecule is CC(C)(C)C(=O)C(F)C(=O)c1ccc(Br)c(Br)c1. The molecule has 0 fully saturated rings. The van der Waals surface area contributed by atoms with Gasteiger partial charge in [-0.2, -0.15) is 0 Å². The fourth-order valence-corrected chi connectivity index (χ4v) is 1.92. The van der Waals surface area contributed by atoms with Crippen LogP contribution in [-0.4, -0.2) is 17.7 Å². The number of ketones is 2. The summed E-state index contributed by atoms with van der Waals surface area (Å²) in [4.78, 5) is 23.6. The molecule has 1 unspecified atom stereocenters. The number of alkyl halides is 1. The Morgan fingerprint density at radius 2 is 1.72 bits per heavy atom. The highest BCUT2D eigenvalue weighted by molar-refractivity contribution is 9.13. The molecule has 0 bridgehead atoms. The highest BCUT2D eigenvalue weighted by Gasteiger charge is 2.35. The summed E-state index contributed by atoms with van der Waals surface area (Å²) in [6.07, 6.45) is -2.11. The molecule has 1 atom stereocenters. The molecule has 1 aromatic carbocycles. The largest absolute Gasteiger partial charge is 0.295 e. The van der Waals surface area contributed by atoms with Gasteiger partial charge in [0.05, 0.1) is 0 Å². The molecule has 18 heavy (non-hydrogen) atoms. The minimum absolute atomic E-state index is 0.176. The number of carbonyl (C=O) groups is 2. The summed E-state index contributed by atoms with van der Waals surface area (Å²) >= 11 is 6.49. The molecule has 0 amide bonds. The number of rotatable bonds is 3. The van der Waals surface area contributed by atoms with Crippen LogP contribution >= 0.6 is 31.9 Å². The van der Waals surface area contributed by atoms with Crippen LogP contribution in [0.3, 0.4) is 0 Å². The summed E-state index contributed by atoms with van der Waals surface area (Å²) in [5, 5.41) is 0. The van der Waals surface area contributed by atoms with Gasteiger partial charge in [0, 0.05) is 19.9 Å². The molecule has 0 saturated heterocycles. The number of halogens is 3. The van der Waals surface area contributed by atoms with Gasteiger partial charge in [0.25, 0.3) is 0 Å². The van der Waals surface area contributed by atoms with Gasteiger partial charge in [0.1, 0.15) is 0 Å². The van der Waals surface area contributed by atoms with Gasteiger partial charge in [0.15, 0.2) is 5.78 Å². The standard InChI is InChI=1S/C13H13Br2FO2/c1-13(2,3)12(18)10(16)11(17)7-4-5-8(14)9(15)6-7/h4-6,10H,1-3H3. The van der Waals surface area contributed by atoms with E-state index in [0.717, 1.165) is 4.47 Å². The molecule has 1 rings (SSSR count). The van der Waals surface area contributed by atoms with Gasteiger partial charge in [-0.1, -0.05) is 26.8 Å². The zero-order chi connectivity index (χ0) is 14.1. The van der Waals surface area contributed by atoms with Gasteiger partial charge < -0.3 is 0 Å². The molecule has 5 heteroatoms. The number of benzene rings is 1. The predicted octanol–water partition coefficient (Wildman–Crippen LogP) is 4.35. The molecule has 2 nitrogen and oxygen atoms in total. The fraction of sp³-hybridized carbons (Fsp3) is 0.385. The summed E-state index contributed by atoms with van der Waals surface area (Å²) in [6, 6.07) is 4.61. The van der Waals surface area contributed by atoms with Crippen molar-refractivity contribution in [2.45, 2.75) is 26.9 Å². The van der Waals surface area contributed by atoms with Crippen molar-refractivity contribution in [1.82, 2.24) is 0 Å². The van der Waals surface area contributed by atoms with E-state index in [4.69, 9.17) is 0 Å². The molecule has 0 heterocycles. The van der Waals surface area contributed by atoms with Crippen LogP contribution in [0.1, 0.15) is 31.1 Å². The van der Waals surface area contributed by atoms with Crippen LogP contribution in [0.25, 0.3) is 0 Å². The van der Waals surface area contributed by atoms with Crippen LogP contribution in [0.15, 0.2) is 27.1 Å². The molecule has 1 aromatic rings. The van der Waals surface area contributed by atoms with E-state index in [0.29, 0.717) is 4.47 Å². The summed E-state index contributed by atoms with van der Waals surface area (Å²) in [5.41, 5.74) is -0.697. The van der Waals surface area contributed by atoms with Crippen molar-refractivity contribution in [3.8, 4) is 0 Å². The average Bonchev–Trinajstić information content (AvgIpc) is 2.28. The van der Waals surface area contributed by atoms with Crippen molar-refractivity contribution in [1.29, 1.82) is 0 Å². The molecule has 0 saturated carbocycles. The second-order valence-corrected chi connectivity index (χ2v) is 6.68. The van der Waals surface area contributed by atoms with Gasteiger partial charge >= 0.3 is 0 Å². The zero-order valence-corrected chi connectivity index (χ0v) is 13.4. The van der Waals surface area contributed by atoms with Crippen molar-refractivity contribution in [2.24, 2.45) is 5.41 Å². The lowest BCUT2D eigenvalue weighted by Crippen LogP contribution is -2.35. The summed E-state index contributed by atoms with van der Waals surface area (Å²) in [5.74, 6) is -1.50. The number of Topliss-reactive ketones (excluding diaryl/α,β-unsaturated/α-hetero) is 2. The minimum Gasteiger partial charge on any atom is -0.295 e. The van der Waals surface area contributed by atoms with E-state index >= 15 is 0 Å². The lowest BCUT2D eigenvalue weighted by molar-refractivity contribution is -0.129. The Morgan fingerprint density at radius 1 is 1.17 bits per heavy atom. The van der Waals surface area contributed by atoms with Crippen molar-refractivity contribution in [2.75, 3.05) is 0 Å². The smallest absolute Gasteiger partial charge is 0.221 e. The second-order valence-electron chi connectivity index (χ2n) is 4.97. The third kappa shape index (κ3) is 3.48. The van der Waals surface area contributed by atoms with Crippen molar-refractivity contribution in [3.63, 3.8) is 0 Å². The Bertz CT molecular complexity index is 492. The lowest BCUT2D eigenvalue weighted by atomic mass is 9.86. The summed E-state index contributed by atoms with van der Waals surface area (Å²) in [7, 11) is 0. The molecule has 0 aliphatic carbocycles. The zero-order valence-electron chi connectivity index (χ0n) is 10.3. The van der Waals surface area contributed by atoms with E-state index in [-0.39, 0.29) is 5.56 Å². The molecular weight excluding hydrogens is 367 g/mol. The van der Waals surface area contributed by atoms with E-state index in [1.54, 1.807) is 26.8 Å². The number of hydrogen-bond acceptors (Lipinski definition) is 2. The van der Waals surface area contributed by atoms with Gasteiger partial charge in [0.2, 0.25) is 12.0 Å². The minimum atomic E-state index is -2.11. The van der Waals surface area contributed by atoms with E-state index in [1.165, 1.54) is 12.1 Å². The predicted molar refractivity (Wildman–Crippen MR) is 75.5 cm³/mol. The molecule has 0 N–H and O–H groups in total. The highest BCUT2D eigenvalue weighted by atomic mass is 79.9. The maximum Gasteiger partial charge on any atom is 0.221 e. The molecule has 0 aliphatic heterocycles. The Morgan fingerprint density at radius 3 is 2.17 bits per heavy atom. The Labute approximate surface area is 122 Å². The monoisotopic (exact) mass is 378 g/mol. The molecule has 0 aliphatic rings. The first-order chi connectivity index (χ1) is 8.14. The molecule has 0 aromatic heterocycles. The highest BCUT2D eigenvalue weighted by Crippen LogP contribution is 2.26. The maximum absolute atomic E-state index is 13.9. The summed E-state index contributed by atoms with van der Waals surface area (Å²) < 4.78 is 15.3. The van der Waals surface area contributed by atoms with E-state index in [9.17, 15) is 14.0 Å². The Kier molecular flexibility index (Phi) is 4.84. The lowest BCUT2D eigenvalue weighted by Gasteiger charge is -2.18. The third-order valence-corrected chi connectivity index (χ3v) is 4.28. The van der Waals surface area contributed by atoms with Crippen LogP contribution in [0, 0.1) is 5.41 Å². The Hall–Kier alpha value is -0.550. The van der Waals surface area contributed by atoms with Crippen LogP contribution in [-0.2, 0) is 4.79 Å². The van der Waals surface area contributed by atoms with Gasteiger partial charge in [-0.15, -0.1) is 0 Å². The molecule has 0 spiro atoms. The molecule has 0 radical (unpaired) electrons. The van der Waals surface area contributed by atoms with Crippen LogP contribution in [0.4, 0.5) is 4.39 Å². The van der Waals surface area contributed by atoms with Gasteiger partial charge in [-0.3, -0.25) is 9.59 Å². The summed E-state index contributed by atoms with van der Waals surface area (Å²) in [6.45, 7) is 4.77. The fourth-order valence-electron chi connectivity index (χ4n) is 1.29. The van der Waals surface area contributed by atoms with Gasteiger partial charge in [-0.05, 0) is 44.0 Å². The first-order valence-corrected chi connectivity index (χ1v) is 6.91. The van der Waals surface area contributed by atoms with Crippen LogP contribution in [0.5, 0.6) is 0 Å². The molecule has 98 valence electrons. The van der Waals surface area contributed by atoms with Crippen molar-refractivity contribution in [3.05, 3.63) is 32.7 Å². The Balaban J connectivity index is 3.00. The van der Waals surface area contributed by atoms with Crippen molar-refractivity contribution >= 4 is 43.4 Å². The number of carbonyl (C=O) groups excluding carboxylic acids is 2. The topological polar surface area (TPSA) is 34.1 Å².